The second kappa shape index (κ2) is 5.53. The zero-order valence-corrected chi connectivity index (χ0v) is 11.0. The van der Waals surface area contributed by atoms with Crippen LogP contribution >= 0.6 is 0 Å². The van der Waals surface area contributed by atoms with Crippen molar-refractivity contribution < 1.29 is 4.79 Å². The molecule has 0 aliphatic heterocycles. The maximum absolute atomic E-state index is 11.8. The Morgan fingerprint density at radius 3 is 2.61 bits per heavy atom. The molecule has 0 radical (unpaired) electrons. The van der Waals surface area contributed by atoms with Gasteiger partial charge in [0.1, 0.15) is 0 Å². The minimum atomic E-state index is -0.208. The molecule has 1 amide bonds. The summed E-state index contributed by atoms with van der Waals surface area (Å²) in [4.78, 5) is 11.8. The molecule has 1 aliphatic carbocycles. The van der Waals surface area contributed by atoms with E-state index in [1.807, 2.05) is 30.3 Å². The Labute approximate surface area is 109 Å². The van der Waals surface area contributed by atoms with E-state index < -0.39 is 0 Å². The Bertz CT molecular complexity index is 398. The maximum atomic E-state index is 11.8. The van der Waals surface area contributed by atoms with Crippen molar-refractivity contribution in [2.75, 3.05) is 6.54 Å². The van der Waals surface area contributed by atoms with E-state index in [2.05, 4.69) is 12.2 Å². The van der Waals surface area contributed by atoms with E-state index in [9.17, 15) is 4.79 Å². The minimum absolute atomic E-state index is 0.0551. The van der Waals surface area contributed by atoms with E-state index in [-0.39, 0.29) is 11.9 Å². The highest BCUT2D eigenvalue weighted by Crippen LogP contribution is 2.39. The van der Waals surface area contributed by atoms with Crippen LogP contribution in [0.25, 0.3) is 0 Å². The summed E-state index contributed by atoms with van der Waals surface area (Å²) in [5, 5.41) is 3.01. The Morgan fingerprint density at radius 1 is 1.39 bits per heavy atom. The van der Waals surface area contributed by atoms with Crippen LogP contribution < -0.4 is 11.1 Å². The molecular formula is C15H22N2O. The van der Waals surface area contributed by atoms with Gasteiger partial charge in [-0.2, -0.15) is 0 Å². The molecule has 98 valence electrons. The molecule has 0 spiro atoms. The molecule has 0 bridgehead atoms. The molecule has 0 heterocycles. The first-order valence-electron chi connectivity index (χ1n) is 6.66. The molecule has 3 nitrogen and oxygen atoms in total. The number of rotatable bonds is 5. The summed E-state index contributed by atoms with van der Waals surface area (Å²) in [6, 6.07) is 9.56. The number of nitrogens with two attached hydrogens (primary N) is 1. The van der Waals surface area contributed by atoms with Crippen molar-refractivity contribution in [1.29, 1.82) is 0 Å². The smallest absolute Gasteiger partial charge is 0.221 e. The lowest BCUT2D eigenvalue weighted by Gasteiger charge is -2.38. The first-order chi connectivity index (χ1) is 8.59. The predicted molar refractivity (Wildman–Crippen MR) is 73.0 cm³/mol. The van der Waals surface area contributed by atoms with Gasteiger partial charge in [-0.25, -0.2) is 0 Å². The molecule has 0 saturated heterocycles. The van der Waals surface area contributed by atoms with Crippen LogP contribution in [0.4, 0.5) is 0 Å². The standard InChI is InChI=1S/C15H22N2O/c1-15(8-5-9-15)11-17-14(18)10-13(16)12-6-3-2-4-7-12/h2-4,6-7,13H,5,8-11,16H2,1H3,(H,17,18). The van der Waals surface area contributed by atoms with Crippen LogP contribution in [0, 0.1) is 5.41 Å². The molecular weight excluding hydrogens is 224 g/mol. The highest BCUT2D eigenvalue weighted by molar-refractivity contribution is 5.76. The topological polar surface area (TPSA) is 55.1 Å². The van der Waals surface area contributed by atoms with E-state index in [1.165, 1.54) is 19.3 Å². The summed E-state index contributed by atoms with van der Waals surface area (Å²) in [6.07, 6.45) is 4.09. The molecule has 2 rings (SSSR count). The number of hydrogen-bond acceptors (Lipinski definition) is 2. The summed E-state index contributed by atoms with van der Waals surface area (Å²) in [5.41, 5.74) is 7.36. The van der Waals surface area contributed by atoms with E-state index in [4.69, 9.17) is 5.73 Å². The van der Waals surface area contributed by atoms with Crippen molar-refractivity contribution in [3.05, 3.63) is 35.9 Å². The molecule has 1 saturated carbocycles. The van der Waals surface area contributed by atoms with Gasteiger partial charge in [-0.1, -0.05) is 43.7 Å². The molecule has 1 atom stereocenters. The highest BCUT2D eigenvalue weighted by atomic mass is 16.1. The van der Waals surface area contributed by atoms with Gasteiger partial charge in [-0.15, -0.1) is 0 Å². The molecule has 1 aromatic carbocycles. The lowest BCUT2D eigenvalue weighted by Crippen LogP contribution is -2.40. The van der Waals surface area contributed by atoms with Gasteiger partial charge in [-0.05, 0) is 23.8 Å². The molecule has 0 aromatic heterocycles. The molecule has 1 unspecified atom stereocenters. The molecule has 1 fully saturated rings. The summed E-state index contributed by atoms with van der Waals surface area (Å²) in [7, 11) is 0. The third-order valence-corrected chi connectivity index (χ3v) is 3.91. The Kier molecular flexibility index (Phi) is 4.02. The fraction of sp³-hybridized carbons (Fsp3) is 0.533. The van der Waals surface area contributed by atoms with Crippen molar-refractivity contribution >= 4 is 5.91 Å². The largest absolute Gasteiger partial charge is 0.355 e. The van der Waals surface area contributed by atoms with E-state index in [0.717, 1.165) is 12.1 Å². The number of hydrogen-bond donors (Lipinski definition) is 2. The van der Waals surface area contributed by atoms with Gasteiger partial charge in [0.05, 0.1) is 0 Å². The van der Waals surface area contributed by atoms with Gasteiger partial charge in [0.15, 0.2) is 0 Å². The van der Waals surface area contributed by atoms with Crippen molar-refractivity contribution in [3.63, 3.8) is 0 Å². The highest BCUT2D eigenvalue weighted by Gasteiger charge is 2.31. The first-order valence-corrected chi connectivity index (χ1v) is 6.66. The lowest BCUT2D eigenvalue weighted by atomic mass is 9.70. The monoisotopic (exact) mass is 246 g/mol. The number of benzene rings is 1. The van der Waals surface area contributed by atoms with Gasteiger partial charge in [-0.3, -0.25) is 4.79 Å². The number of carbonyl (C=O) groups is 1. The Balaban J connectivity index is 1.77. The summed E-state index contributed by atoms with van der Waals surface area (Å²) >= 11 is 0. The fourth-order valence-corrected chi connectivity index (χ4v) is 2.36. The molecule has 1 aliphatic rings. The van der Waals surface area contributed by atoms with Crippen molar-refractivity contribution in [2.45, 2.75) is 38.6 Å². The summed E-state index contributed by atoms with van der Waals surface area (Å²) in [6.45, 7) is 3.02. The van der Waals surface area contributed by atoms with E-state index in [1.54, 1.807) is 0 Å². The first kappa shape index (κ1) is 13.1. The summed E-state index contributed by atoms with van der Waals surface area (Å²) in [5.74, 6) is 0.0551. The Hall–Kier alpha value is -1.35. The van der Waals surface area contributed by atoms with Crippen molar-refractivity contribution in [3.8, 4) is 0 Å². The van der Waals surface area contributed by atoms with Crippen LogP contribution in [0.3, 0.4) is 0 Å². The van der Waals surface area contributed by atoms with Crippen LogP contribution in [0.2, 0.25) is 0 Å². The molecule has 3 heteroatoms. The van der Waals surface area contributed by atoms with Crippen LogP contribution in [-0.4, -0.2) is 12.5 Å². The molecule has 1 aromatic rings. The number of carbonyl (C=O) groups excluding carboxylic acids is 1. The Morgan fingerprint density at radius 2 is 2.06 bits per heavy atom. The van der Waals surface area contributed by atoms with E-state index >= 15 is 0 Å². The van der Waals surface area contributed by atoms with Gasteiger partial charge < -0.3 is 11.1 Å². The fourth-order valence-electron chi connectivity index (χ4n) is 2.36. The van der Waals surface area contributed by atoms with Gasteiger partial charge in [0.25, 0.3) is 0 Å². The zero-order chi connectivity index (χ0) is 13.0. The van der Waals surface area contributed by atoms with Crippen molar-refractivity contribution in [2.24, 2.45) is 11.1 Å². The third-order valence-electron chi connectivity index (χ3n) is 3.91. The summed E-state index contributed by atoms with van der Waals surface area (Å²) < 4.78 is 0. The van der Waals surface area contributed by atoms with Crippen LogP contribution in [-0.2, 0) is 4.79 Å². The SMILES string of the molecule is CC1(CNC(=O)CC(N)c2ccccc2)CCC1. The maximum Gasteiger partial charge on any atom is 0.221 e. The minimum Gasteiger partial charge on any atom is -0.355 e. The van der Waals surface area contributed by atoms with Gasteiger partial charge >= 0.3 is 0 Å². The zero-order valence-electron chi connectivity index (χ0n) is 11.0. The van der Waals surface area contributed by atoms with Gasteiger partial charge in [0.2, 0.25) is 5.91 Å². The van der Waals surface area contributed by atoms with E-state index in [0.29, 0.717) is 11.8 Å². The molecule has 3 N–H and O–H groups in total. The van der Waals surface area contributed by atoms with Crippen LogP contribution in [0.15, 0.2) is 30.3 Å². The normalized spacial score (nSPS) is 18.8. The average molecular weight is 246 g/mol. The third kappa shape index (κ3) is 3.33. The van der Waals surface area contributed by atoms with Crippen molar-refractivity contribution in [1.82, 2.24) is 5.32 Å². The second-order valence-electron chi connectivity index (χ2n) is 5.66. The van der Waals surface area contributed by atoms with Gasteiger partial charge in [0, 0.05) is 19.0 Å². The number of nitrogens with one attached hydrogen (secondary N) is 1. The quantitative estimate of drug-likeness (QED) is 0.838. The average Bonchev–Trinajstić information content (AvgIpc) is 2.35. The lowest BCUT2D eigenvalue weighted by molar-refractivity contribution is -0.122. The predicted octanol–water partition coefficient (Wildman–Crippen LogP) is 2.38. The number of amides is 1. The van der Waals surface area contributed by atoms with Crippen LogP contribution in [0.5, 0.6) is 0 Å². The second-order valence-corrected chi connectivity index (χ2v) is 5.66. The van der Waals surface area contributed by atoms with Crippen LogP contribution in [0.1, 0.15) is 44.2 Å². The molecule has 18 heavy (non-hydrogen) atoms.